The topological polar surface area (TPSA) is 83.7 Å². The fourth-order valence-corrected chi connectivity index (χ4v) is 4.44. The molecule has 24 heavy (non-hydrogen) atoms. The van der Waals surface area contributed by atoms with Crippen molar-refractivity contribution in [2.75, 3.05) is 13.1 Å². The van der Waals surface area contributed by atoms with Crippen LogP contribution in [0.1, 0.15) is 47.3 Å². The van der Waals surface area contributed by atoms with E-state index in [2.05, 4.69) is 0 Å². The molecule has 3 amide bonds. The SMILES string of the molecule is CC(C)(C)N1CC(C(=O)N2CCc3sc(C(N)=O)cc3C2)CC1=O. The molecule has 1 aromatic heterocycles. The first-order valence-electron chi connectivity index (χ1n) is 8.17. The largest absolute Gasteiger partial charge is 0.365 e. The Hall–Kier alpha value is -1.89. The van der Waals surface area contributed by atoms with Crippen LogP contribution in [-0.4, -0.2) is 46.1 Å². The van der Waals surface area contributed by atoms with E-state index in [-0.39, 0.29) is 29.7 Å². The molecule has 2 N–H and O–H groups in total. The van der Waals surface area contributed by atoms with Crippen molar-refractivity contribution < 1.29 is 14.4 Å². The molecule has 2 aliphatic heterocycles. The van der Waals surface area contributed by atoms with E-state index in [4.69, 9.17) is 5.73 Å². The smallest absolute Gasteiger partial charge is 0.258 e. The van der Waals surface area contributed by atoms with Gasteiger partial charge in [0, 0.05) is 36.5 Å². The Morgan fingerprint density at radius 3 is 2.62 bits per heavy atom. The van der Waals surface area contributed by atoms with Crippen LogP contribution in [0.2, 0.25) is 0 Å². The summed E-state index contributed by atoms with van der Waals surface area (Å²) in [4.78, 5) is 41.6. The number of carbonyl (C=O) groups excluding carboxylic acids is 3. The summed E-state index contributed by atoms with van der Waals surface area (Å²) in [5.74, 6) is -0.611. The number of nitrogens with zero attached hydrogens (tertiary/aromatic N) is 2. The van der Waals surface area contributed by atoms with Crippen LogP contribution in [0.3, 0.4) is 0 Å². The number of primary amides is 1. The molecule has 1 atom stereocenters. The fourth-order valence-electron chi connectivity index (χ4n) is 3.42. The summed E-state index contributed by atoms with van der Waals surface area (Å²) < 4.78 is 0. The number of nitrogens with two attached hydrogens (primary N) is 1. The monoisotopic (exact) mass is 349 g/mol. The normalized spacial score (nSPS) is 21.1. The van der Waals surface area contributed by atoms with Gasteiger partial charge in [0.15, 0.2) is 0 Å². The highest BCUT2D eigenvalue weighted by Gasteiger charge is 2.41. The molecule has 0 bridgehead atoms. The molecule has 130 valence electrons. The van der Waals surface area contributed by atoms with Crippen LogP contribution in [0.5, 0.6) is 0 Å². The Kier molecular flexibility index (Phi) is 4.15. The molecule has 6 nitrogen and oxygen atoms in total. The van der Waals surface area contributed by atoms with Crippen LogP contribution < -0.4 is 5.73 Å². The van der Waals surface area contributed by atoms with Crippen molar-refractivity contribution in [1.29, 1.82) is 0 Å². The average molecular weight is 349 g/mol. The van der Waals surface area contributed by atoms with Gasteiger partial charge in [-0.2, -0.15) is 0 Å². The van der Waals surface area contributed by atoms with Gasteiger partial charge in [0.25, 0.3) is 5.91 Å². The van der Waals surface area contributed by atoms with Gasteiger partial charge in [0.2, 0.25) is 11.8 Å². The maximum absolute atomic E-state index is 12.8. The molecule has 7 heteroatoms. The van der Waals surface area contributed by atoms with Crippen LogP contribution in [-0.2, 0) is 22.6 Å². The van der Waals surface area contributed by atoms with Crippen LogP contribution >= 0.6 is 11.3 Å². The first-order chi connectivity index (χ1) is 11.2. The van der Waals surface area contributed by atoms with Crippen molar-refractivity contribution >= 4 is 29.1 Å². The molecular formula is C17H23N3O3S. The average Bonchev–Trinajstić information content (AvgIpc) is 3.08. The Bertz CT molecular complexity index is 704. The Morgan fingerprint density at radius 2 is 2.04 bits per heavy atom. The van der Waals surface area contributed by atoms with E-state index in [1.165, 1.54) is 11.3 Å². The Labute approximate surface area is 145 Å². The van der Waals surface area contributed by atoms with Gasteiger partial charge in [-0.15, -0.1) is 11.3 Å². The lowest BCUT2D eigenvalue weighted by Crippen LogP contribution is -2.44. The standard InChI is InChI=1S/C17H23N3O3S/c1-17(2,3)20-9-11(7-14(20)21)16(23)19-5-4-12-10(8-19)6-13(24-12)15(18)22/h6,11H,4-5,7-9H2,1-3H3,(H2,18,22). The van der Waals surface area contributed by atoms with E-state index < -0.39 is 5.91 Å². The summed E-state index contributed by atoms with van der Waals surface area (Å²) in [6.45, 7) is 7.58. The van der Waals surface area contributed by atoms with Crippen LogP contribution in [0, 0.1) is 5.92 Å². The second kappa shape index (κ2) is 5.88. The molecule has 0 saturated carbocycles. The molecule has 0 spiro atoms. The highest BCUT2D eigenvalue weighted by Crippen LogP contribution is 2.31. The van der Waals surface area contributed by atoms with Crippen molar-refractivity contribution in [1.82, 2.24) is 9.80 Å². The predicted molar refractivity (Wildman–Crippen MR) is 91.5 cm³/mol. The third-order valence-electron chi connectivity index (χ3n) is 4.71. The van der Waals surface area contributed by atoms with Gasteiger partial charge in [0.1, 0.15) is 0 Å². The number of rotatable bonds is 2. The zero-order valence-electron chi connectivity index (χ0n) is 14.3. The minimum atomic E-state index is -0.422. The number of amides is 3. The summed E-state index contributed by atoms with van der Waals surface area (Å²) in [5, 5.41) is 0. The number of thiophene rings is 1. The summed E-state index contributed by atoms with van der Waals surface area (Å²) in [5.41, 5.74) is 6.08. The summed E-state index contributed by atoms with van der Waals surface area (Å²) in [6.07, 6.45) is 1.03. The maximum Gasteiger partial charge on any atom is 0.258 e. The number of likely N-dealkylation sites (tertiary alicyclic amines) is 1. The Morgan fingerprint density at radius 1 is 1.33 bits per heavy atom. The maximum atomic E-state index is 12.8. The first-order valence-corrected chi connectivity index (χ1v) is 8.99. The predicted octanol–water partition coefficient (Wildman–Crippen LogP) is 1.38. The number of fused-ring (bicyclic) bond motifs is 1. The van der Waals surface area contributed by atoms with Crippen molar-refractivity contribution in [2.45, 2.75) is 45.7 Å². The summed E-state index contributed by atoms with van der Waals surface area (Å²) in [6, 6.07) is 1.79. The minimum Gasteiger partial charge on any atom is -0.365 e. The van der Waals surface area contributed by atoms with Gasteiger partial charge in [-0.1, -0.05) is 0 Å². The van der Waals surface area contributed by atoms with E-state index >= 15 is 0 Å². The molecule has 1 aromatic rings. The highest BCUT2D eigenvalue weighted by atomic mass is 32.1. The van der Waals surface area contributed by atoms with Crippen LogP contribution in [0.25, 0.3) is 0 Å². The molecule has 3 heterocycles. The third kappa shape index (κ3) is 3.05. The molecule has 2 aliphatic rings. The van der Waals surface area contributed by atoms with Gasteiger partial charge in [-0.3, -0.25) is 14.4 Å². The lowest BCUT2D eigenvalue weighted by molar-refractivity contribution is -0.136. The Balaban J connectivity index is 1.71. The van der Waals surface area contributed by atoms with Crippen molar-refractivity contribution in [2.24, 2.45) is 11.7 Å². The quantitative estimate of drug-likeness (QED) is 0.875. The lowest BCUT2D eigenvalue weighted by atomic mass is 10.0. The molecular weight excluding hydrogens is 326 g/mol. The first kappa shape index (κ1) is 17.0. The molecule has 0 aromatic carbocycles. The second-order valence-electron chi connectivity index (χ2n) is 7.51. The van der Waals surface area contributed by atoms with Crippen molar-refractivity contribution in [3.63, 3.8) is 0 Å². The van der Waals surface area contributed by atoms with E-state index in [1.54, 1.807) is 11.0 Å². The molecule has 1 saturated heterocycles. The van der Waals surface area contributed by atoms with Crippen LogP contribution in [0.4, 0.5) is 0 Å². The van der Waals surface area contributed by atoms with E-state index in [0.29, 0.717) is 24.5 Å². The van der Waals surface area contributed by atoms with E-state index in [0.717, 1.165) is 16.9 Å². The zero-order valence-corrected chi connectivity index (χ0v) is 15.1. The third-order valence-corrected chi connectivity index (χ3v) is 5.96. The number of carbonyl (C=O) groups is 3. The van der Waals surface area contributed by atoms with Gasteiger partial charge >= 0.3 is 0 Å². The zero-order chi connectivity index (χ0) is 17.6. The summed E-state index contributed by atoms with van der Waals surface area (Å²) >= 11 is 1.42. The van der Waals surface area contributed by atoms with Gasteiger partial charge < -0.3 is 15.5 Å². The van der Waals surface area contributed by atoms with Crippen molar-refractivity contribution in [3.05, 3.63) is 21.4 Å². The molecule has 1 unspecified atom stereocenters. The lowest BCUT2D eigenvalue weighted by Gasteiger charge is -2.33. The van der Waals surface area contributed by atoms with Crippen LogP contribution in [0.15, 0.2) is 6.07 Å². The highest BCUT2D eigenvalue weighted by molar-refractivity contribution is 7.14. The number of hydrogen-bond donors (Lipinski definition) is 1. The minimum absolute atomic E-state index is 0.0348. The second-order valence-corrected chi connectivity index (χ2v) is 8.65. The van der Waals surface area contributed by atoms with Gasteiger partial charge in [-0.05, 0) is 38.8 Å². The molecule has 1 fully saturated rings. The van der Waals surface area contributed by atoms with Gasteiger partial charge in [-0.25, -0.2) is 0 Å². The molecule has 0 aliphatic carbocycles. The number of hydrogen-bond acceptors (Lipinski definition) is 4. The molecule has 0 radical (unpaired) electrons. The fraction of sp³-hybridized carbons (Fsp3) is 0.588. The summed E-state index contributed by atoms with van der Waals surface area (Å²) in [7, 11) is 0. The molecule has 3 rings (SSSR count). The van der Waals surface area contributed by atoms with Crippen molar-refractivity contribution in [3.8, 4) is 0 Å². The van der Waals surface area contributed by atoms with E-state index in [1.807, 2.05) is 25.7 Å². The van der Waals surface area contributed by atoms with E-state index in [9.17, 15) is 14.4 Å². The van der Waals surface area contributed by atoms with Gasteiger partial charge in [0.05, 0.1) is 10.8 Å².